The van der Waals surface area contributed by atoms with E-state index in [4.69, 9.17) is 0 Å². The van der Waals surface area contributed by atoms with Crippen molar-refractivity contribution in [1.82, 2.24) is 14.5 Å². The quantitative estimate of drug-likeness (QED) is 0.912. The van der Waals surface area contributed by atoms with Crippen molar-refractivity contribution in [1.29, 1.82) is 0 Å². The van der Waals surface area contributed by atoms with E-state index in [-0.39, 0.29) is 5.92 Å². The number of hydrogen-bond acceptors (Lipinski definition) is 4. The molecule has 0 aliphatic heterocycles. The average molecular weight is 279 g/mol. The number of aromatic nitrogens is 3. The van der Waals surface area contributed by atoms with Crippen LogP contribution in [0.15, 0.2) is 12.5 Å². The molecule has 19 heavy (non-hydrogen) atoms. The number of imidazole rings is 1. The molecule has 0 aliphatic carbocycles. The van der Waals surface area contributed by atoms with Gasteiger partial charge >= 0.3 is 5.97 Å². The van der Waals surface area contributed by atoms with Crippen LogP contribution in [0, 0.1) is 0 Å². The first kappa shape index (κ1) is 13.7. The van der Waals surface area contributed by atoms with Gasteiger partial charge in [-0.05, 0) is 12.3 Å². The van der Waals surface area contributed by atoms with Crippen molar-refractivity contribution < 1.29 is 9.90 Å². The van der Waals surface area contributed by atoms with Crippen LogP contribution in [0.4, 0.5) is 0 Å². The van der Waals surface area contributed by atoms with Crippen LogP contribution in [0.2, 0.25) is 0 Å². The Labute approximate surface area is 115 Å². The Morgan fingerprint density at radius 3 is 2.79 bits per heavy atom. The molecule has 2 aromatic rings. The number of thiazole rings is 1. The van der Waals surface area contributed by atoms with E-state index in [0.29, 0.717) is 10.6 Å². The number of carboxylic acids is 1. The van der Waals surface area contributed by atoms with E-state index in [0.717, 1.165) is 23.7 Å². The number of aromatic carboxylic acids is 1. The number of carboxylic acid groups (broad SMARTS) is 1. The molecule has 1 N–H and O–H groups in total. The largest absolute Gasteiger partial charge is 0.477 e. The van der Waals surface area contributed by atoms with Gasteiger partial charge in [0.25, 0.3) is 0 Å². The summed E-state index contributed by atoms with van der Waals surface area (Å²) in [5, 5.41) is 9.97. The monoisotopic (exact) mass is 279 g/mol. The van der Waals surface area contributed by atoms with Gasteiger partial charge in [-0.25, -0.2) is 14.8 Å². The van der Waals surface area contributed by atoms with Gasteiger partial charge in [0, 0.05) is 6.54 Å². The van der Waals surface area contributed by atoms with Crippen molar-refractivity contribution in [2.45, 2.75) is 39.7 Å². The zero-order valence-electron chi connectivity index (χ0n) is 11.3. The van der Waals surface area contributed by atoms with Crippen LogP contribution >= 0.6 is 11.3 Å². The molecule has 0 bridgehead atoms. The van der Waals surface area contributed by atoms with E-state index < -0.39 is 5.97 Å². The average Bonchev–Trinajstić information content (AvgIpc) is 2.94. The molecule has 0 atom stereocenters. The van der Waals surface area contributed by atoms with Crippen molar-refractivity contribution >= 4 is 17.3 Å². The summed E-state index contributed by atoms with van der Waals surface area (Å²) in [5.41, 5.74) is 1.54. The molecule has 0 saturated carbocycles. The first-order valence-electron chi connectivity index (χ1n) is 6.29. The fourth-order valence-corrected chi connectivity index (χ4v) is 2.99. The molecule has 0 saturated heterocycles. The zero-order valence-corrected chi connectivity index (χ0v) is 12.1. The smallest absolute Gasteiger partial charge is 0.347 e. The SMILES string of the molecule is CCCn1cncc1-c1nc(C(C)C)c(C(=O)O)s1. The fourth-order valence-electron chi connectivity index (χ4n) is 1.90. The predicted molar refractivity (Wildman–Crippen MR) is 74.7 cm³/mol. The van der Waals surface area contributed by atoms with Crippen molar-refractivity contribution in [2.75, 3.05) is 0 Å². The molecule has 0 aromatic carbocycles. The van der Waals surface area contributed by atoms with Crippen LogP contribution in [-0.4, -0.2) is 25.6 Å². The lowest BCUT2D eigenvalue weighted by atomic mass is 10.1. The van der Waals surface area contributed by atoms with Crippen LogP contribution in [0.5, 0.6) is 0 Å². The van der Waals surface area contributed by atoms with Crippen molar-refractivity contribution in [3.05, 3.63) is 23.1 Å². The van der Waals surface area contributed by atoms with Gasteiger partial charge in [-0.1, -0.05) is 20.8 Å². The van der Waals surface area contributed by atoms with Crippen LogP contribution in [0.1, 0.15) is 48.5 Å². The Hall–Kier alpha value is -1.69. The van der Waals surface area contributed by atoms with Crippen molar-refractivity contribution in [3.63, 3.8) is 0 Å². The molecule has 0 amide bonds. The number of carbonyl (C=O) groups is 1. The maximum Gasteiger partial charge on any atom is 0.347 e. The molecule has 0 unspecified atom stereocenters. The number of nitrogens with zero attached hydrogens (tertiary/aromatic N) is 3. The molecule has 2 rings (SSSR count). The lowest BCUT2D eigenvalue weighted by Gasteiger charge is -2.03. The highest BCUT2D eigenvalue weighted by molar-refractivity contribution is 7.17. The maximum atomic E-state index is 11.3. The van der Waals surface area contributed by atoms with Gasteiger partial charge in [0.2, 0.25) is 0 Å². The van der Waals surface area contributed by atoms with Crippen LogP contribution in [0.25, 0.3) is 10.7 Å². The highest BCUT2D eigenvalue weighted by Gasteiger charge is 2.21. The van der Waals surface area contributed by atoms with Crippen LogP contribution in [0.3, 0.4) is 0 Å². The van der Waals surface area contributed by atoms with E-state index in [2.05, 4.69) is 16.9 Å². The summed E-state index contributed by atoms with van der Waals surface area (Å²) in [6, 6.07) is 0. The van der Waals surface area contributed by atoms with E-state index in [1.165, 1.54) is 11.3 Å². The molecular formula is C13H17N3O2S. The Morgan fingerprint density at radius 1 is 1.53 bits per heavy atom. The summed E-state index contributed by atoms with van der Waals surface area (Å²) in [6.45, 7) is 6.85. The number of rotatable bonds is 5. The summed E-state index contributed by atoms with van der Waals surface area (Å²) in [6.07, 6.45) is 4.50. The second-order valence-electron chi connectivity index (χ2n) is 4.67. The van der Waals surface area contributed by atoms with Gasteiger partial charge in [-0.2, -0.15) is 0 Å². The van der Waals surface area contributed by atoms with Gasteiger partial charge in [0.05, 0.1) is 23.9 Å². The van der Waals surface area contributed by atoms with Gasteiger partial charge in [-0.15, -0.1) is 11.3 Å². The van der Waals surface area contributed by atoms with Gasteiger partial charge in [-0.3, -0.25) is 0 Å². The molecule has 0 radical (unpaired) electrons. The molecule has 0 fully saturated rings. The third-order valence-corrected chi connectivity index (χ3v) is 3.87. The van der Waals surface area contributed by atoms with E-state index >= 15 is 0 Å². The molecular weight excluding hydrogens is 262 g/mol. The molecule has 2 aromatic heterocycles. The molecule has 6 heteroatoms. The summed E-state index contributed by atoms with van der Waals surface area (Å²) in [4.78, 5) is 20.2. The molecule has 5 nitrogen and oxygen atoms in total. The van der Waals surface area contributed by atoms with E-state index in [9.17, 15) is 9.90 Å². The zero-order chi connectivity index (χ0) is 14.0. The molecule has 2 heterocycles. The summed E-state index contributed by atoms with van der Waals surface area (Å²) in [5.74, 6) is -0.812. The molecule has 0 spiro atoms. The van der Waals surface area contributed by atoms with Gasteiger partial charge in [0.1, 0.15) is 9.88 Å². The summed E-state index contributed by atoms with van der Waals surface area (Å²) < 4.78 is 2.01. The maximum absolute atomic E-state index is 11.3. The molecule has 0 aliphatic rings. The predicted octanol–water partition coefficient (Wildman–Crippen LogP) is 3.24. The minimum Gasteiger partial charge on any atom is -0.477 e. The lowest BCUT2D eigenvalue weighted by Crippen LogP contribution is -2.00. The standard InChI is InChI=1S/C13H17N3O2S/c1-4-5-16-7-14-6-9(16)12-15-10(8(2)3)11(19-12)13(17)18/h6-8H,4-5H2,1-3H3,(H,17,18). The Bertz CT molecular complexity index is 586. The lowest BCUT2D eigenvalue weighted by molar-refractivity contribution is 0.0700. The second-order valence-corrected chi connectivity index (χ2v) is 5.66. The Kier molecular flexibility index (Phi) is 3.99. The highest BCUT2D eigenvalue weighted by atomic mass is 32.1. The Balaban J connectivity index is 2.48. The minimum atomic E-state index is -0.908. The number of aryl methyl sites for hydroxylation is 1. The summed E-state index contributed by atoms with van der Waals surface area (Å²) >= 11 is 1.22. The van der Waals surface area contributed by atoms with E-state index in [1.54, 1.807) is 12.5 Å². The normalized spacial score (nSPS) is 11.2. The van der Waals surface area contributed by atoms with Crippen LogP contribution < -0.4 is 0 Å². The Morgan fingerprint density at radius 2 is 2.26 bits per heavy atom. The fraction of sp³-hybridized carbons (Fsp3) is 0.462. The summed E-state index contributed by atoms with van der Waals surface area (Å²) in [7, 11) is 0. The van der Waals surface area contributed by atoms with Gasteiger partial charge < -0.3 is 9.67 Å². The van der Waals surface area contributed by atoms with E-state index in [1.807, 2.05) is 18.4 Å². The first-order chi connectivity index (χ1) is 9.04. The third kappa shape index (κ3) is 2.68. The topological polar surface area (TPSA) is 68.0 Å². The number of hydrogen-bond donors (Lipinski definition) is 1. The second kappa shape index (κ2) is 5.52. The molecule has 102 valence electrons. The van der Waals surface area contributed by atoms with Crippen molar-refractivity contribution in [2.24, 2.45) is 0 Å². The van der Waals surface area contributed by atoms with Crippen LogP contribution in [-0.2, 0) is 6.54 Å². The minimum absolute atomic E-state index is 0.0960. The van der Waals surface area contributed by atoms with Gasteiger partial charge in [0.15, 0.2) is 0 Å². The van der Waals surface area contributed by atoms with Crippen molar-refractivity contribution in [3.8, 4) is 10.7 Å². The highest BCUT2D eigenvalue weighted by Crippen LogP contribution is 2.31. The first-order valence-corrected chi connectivity index (χ1v) is 7.10. The third-order valence-electron chi connectivity index (χ3n) is 2.79.